The molecule has 1 aliphatic heterocycles. The molecule has 0 radical (unpaired) electrons. The van der Waals surface area contributed by atoms with Gasteiger partial charge in [-0.2, -0.15) is 4.31 Å². The van der Waals surface area contributed by atoms with Crippen molar-refractivity contribution >= 4 is 27.7 Å². The van der Waals surface area contributed by atoms with Gasteiger partial charge in [0.2, 0.25) is 15.9 Å². The van der Waals surface area contributed by atoms with E-state index in [0.717, 1.165) is 11.3 Å². The van der Waals surface area contributed by atoms with Crippen molar-refractivity contribution in [3.8, 4) is 0 Å². The molecule has 1 aliphatic rings. The number of rotatable bonds is 7. The highest BCUT2D eigenvalue weighted by molar-refractivity contribution is 7.99. The van der Waals surface area contributed by atoms with E-state index < -0.39 is 10.0 Å². The van der Waals surface area contributed by atoms with Crippen molar-refractivity contribution in [1.29, 1.82) is 0 Å². The molecule has 1 amide bonds. The van der Waals surface area contributed by atoms with Crippen LogP contribution in [0.25, 0.3) is 0 Å². The summed E-state index contributed by atoms with van der Waals surface area (Å²) in [7, 11) is -3.35. The van der Waals surface area contributed by atoms with Crippen LogP contribution in [-0.2, 0) is 26.3 Å². The first-order valence-electron chi connectivity index (χ1n) is 9.37. The Kier molecular flexibility index (Phi) is 7.15. The van der Waals surface area contributed by atoms with Gasteiger partial charge in [0.05, 0.1) is 11.5 Å². The Balaban J connectivity index is 1.45. The molecule has 0 aliphatic carbocycles. The van der Waals surface area contributed by atoms with Crippen molar-refractivity contribution in [3.05, 3.63) is 71.3 Å². The van der Waals surface area contributed by atoms with Crippen LogP contribution in [0.1, 0.15) is 16.7 Å². The fraction of sp³-hybridized carbons (Fsp3) is 0.381. The zero-order valence-corrected chi connectivity index (χ0v) is 17.7. The van der Waals surface area contributed by atoms with Crippen LogP contribution >= 0.6 is 11.8 Å². The van der Waals surface area contributed by atoms with E-state index in [4.69, 9.17) is 0 Å². The third kappa shape index (κ3) is 5.59. The van der Waals surface area contributed by atoms with Gasteiger partial charge in [0.25, 0.3) is 0 Å². The average Bonchev–Trinajstić information content (AvgIpc) is 2.70. The zero-order chi connectivity index (χ0) is 20.0. The molecule has 0 N–H and O–H groups in total. The molecule has 1 heterocycles. The van der Waals surface area contributed by atoms with Gasteiger partial charge in [-0.3, -0.25) is 4.79 Å². The topological polar surface area (TPSA) is 57.7 Å². The van der Waals surface area contributed by atoms with Crippen LogP contribution in [0.15, 0.2) is 54.6 Å². The third-order valence-electron chi connectivity index (χ3n) is 4.92. The second-order valence-corrected chi connectivity index (χ2v) is 9.90. The highest BCUT2D eigenvalue weighted by Crippen LogP contribution is 2.18. The highest BCUT2D eigenvalue weighted by atomic mass is 32.2. The lowest BCUT2D eigenvalue weighted by Gasteiger charge is -2.34. The molecule has 150 valence electrons. The predicted octanol–water partition coefficient (Wildman–Crippen LogP) is 2.90. The maximum atomic E-state index is 12.6. The average molecular weight is 419 g/mol. The summed E-state index contributed by atoms with van der Waals surface area (Å²) < 4.78 is 26.7. The van der Waals surface area contributed by atoms with E-state index in [1.54, 1.807) is 16.7 Å². The van der Waals surface area contributed by atoms with E-state index in [1.165, 1.54) is 15.4 Å². The van der Waals surface area contributed by atoms with Crippen LogP contribution in [0.2, 0.25) is 0 Å². The quantitative estimate of drug-likeness (QED) is 0.694. The number of nitrogens with zero attached hydrogens (tertiary/aromatic N) is 2. The summed E-state index contributed by atoms with van der Waals surface area (Å²) in [4.78, 5) is 14.2. The number of benzene rings is 2. The summed E-state index contributed by atoms with van der Waals surface area (Å²) in [5, 5.41) is 0. The largest absolute Gasteiger partial charge is 0.339 e. The lowest BCUT2D eigenvalue weighted by atomic mass is 10.1. The molecule has 0 spiro atoms. The van der Waals surface area contributed by atoms with Crippen molar-refractivity contribution in [3.63, 3.8) is 0 Å². The molecule has 1 saturated heterocycles. The predicted molar refractivity (Wildman–Crippen MR) is 115 cm³/mol. The van der Waals surface area contributed by atoms with Gasteiger partial charge < -0.3 is 4.90 Å². The van der Waals surface area contributed by atoms with Crippen molar-refractivity contribution in [2.24, 2.45) is 0 Å². The zero-order valence-electron chi connectivity index (χ0n) is 16.1. The molecule has 2 aromatic rings. The van der Waals surface area contributed by atoms with Crippen molar-refractivity contribution < 1.29 is 13.2 Å². The molecule has 0 bridgehead atoms. The monoisotopic (exact) mass is 418 g/mol. The Labute approximate surface area is 171 Å². The van der Waals surface area contributed by atoms with Crippen LogP contribution in [0.5, 0.6) is 0 Å². The minimum Gasteiger partial charge on any atom is -0.339 e. The van der Waals surface area contributed by atoms with Crippen LogP contribution in [0.3, 0.4) is 0 Å². The molecule has 0 unspecified atom stereocenters. The Morgan fingerprint density at radius 3 is 2.29 bits per heavy atom. The van der Waals surface area contributed by atoms with Crippen LogP contribution in [0.4, 0.5) is 0 Å². The molecular weight excluding hydrogens is 392 g/mol. The summed E-state index contributed by atoms with van der Waals surface area (Å²) in [5.41, 5.74) is 3.27. The normalized spacial score (nSPS) is 15.5. The number of carbonyl (C=O) groups excluding carboxylic acids is 1. The molecule has 0 saturated carbocycles. The first kappa shape index (κ1) is 20.9. The van der Waals surface area contributed by atoms with Crippen LogP contribution < -0.4 is 0 Å². The molecule has 5 nitrogen and oxygen atoms in total. The molecule has 7 heteroatoms. The Morgan fingerprint density at radius 1 is 0.964 bits per heavy atom. The van der Waals surface area contributed by atoms with E-state index in [1.807, 2.05) is 42.5 Å². The summed E-state index contributed by atoms with van der Waals surface area (Å²) in [5.74, 6) is 1.32. The maximum absolute atomic E-state index is 12.6. The molecule has 1 fully saturated rings. The highest BCUT2D eigenvalue weighted by Gasteiger charge is 2.28. The van der Waals surface area contributed by atoms with Gasteiger partial charge in [0.1, 0.15) is 0 Å². The number of amides is 1. The lowest BCUT2D eigenvalue weighted by molar-refractivity contribution is -0.129. The fourth-order valence-corrected chi connectivity index (χ4v) is 5.72. The second kappa shape index (κ2) is 9.58. The summed E-state index contributed by atoms with van der Waals surface area (Å²) in [6.45, 7) is 3.72. The smallest absolute Gasteiger partial charge is 0.232 e. The van der Waals surface area contributed by atoms with Crippen molar-refractivity contribution in [2.45, 2.75) is 18.4 Å². The molecule has 3 rings (SSSR count). The molecule has 0 aromatic heterocycles. The maximum Gasteiger partial charge on any atom is 0.232 e. The van der Waals surface area contributed by atoms with Gasteiger partial charge in [0.15, 0.2) is 0 Å². The summed E-state index contributed by atoms with van der Waals surface area (Å²) in [6, 6.07) is 17.4. The first-order chi connectivity index (χ1) is 13.5. The van der Waals surface area contributed by atoms with E-state index in [-0.39, 0.29) is 11.7 Å². The number of carbonyl (C=O) groups is 1. The van der Waals surface area contributed by atoms with E-state index >= 15 is 0 Å². The number of sulfonamides is 1. The van der Waals surface area contributed by atoms with Gasteiger partial charge in [-0.25, -0.2) is 8.42 Å². The minimum absolute atomic E-state index is 0.00800. The molecule has 0 atom stereocenters. The standard InChI is InChI=1S/C21H26N2O3S2/c1-18-7-5-6-10-20(18)15-27-16-21(24)22-11-13-23(14-12-22)28(25,26)17-19-8-3-2-4-9-19/h2-10H,11-17H2,1H3. The van der Waals surface area contributed by atoms with E-state index in [0.29, 0.717) is 31.9 Å². The van der Waals surface area contributed by atoms with Gasteiger partial charge >= 0.3 is 0 Å². The van der Waals surface area contributed by atoms with Gasteiger partial charge in [0, 0.05) is 31.9 Å². The molecule has 28 heavy (non-hydrogen) atoms. The summed E-state index contributed by atoms with van der Waals surface area (Å²) >= 11 is 1.61. The molecular formula is C21H26N2O3S2. The Morgan fingerprint density at radius 2 is 1.61 bits per heavy atom. The fourth-order valence-electron chi connectivity index (χ4n) is 3.20. The lowest BCUT2D eigenvalue weighted by Crippen LogP contribution is -2.51. The van der Waals surface area contributed by atoms with Gasteiger partial charge in [-0.15, -0.1) is 11.8 Å². The van der Waals surface area contributed by atoms with E-state index in [2.05, 4.69) is 19.1 Å². The molecule has 2 aromatic carbocycles. The van der Waals surface area contributed by atoms with Gasteiger partial charge in [-0.05, 0) is 23.6 Å². The number of aryl methyl sites for hydroxylation is 1. The van der Waals surface area contributed by atoms with Crippen LogP contribution in [0, 0.1) is 6.92 Å². The number of thioether (sulfide) groups is 1. The van der Waals surface area contributed by atoms with Gasteiger partial charge in [-0.1, -0.05) is 54.6 Å². The van der Waals surface area contributed by atoms with E-state index in [9.17, 15) is 13.2 Å². The van der Waals surface area contributed by atoms with Crippen molar-refractivity contribution in [1.82, 2.24) is 9.21 Å². The first-order valence-corrected chi connectivity index (χ1v) is 12.1. The van der Waals surface area contributed by atoms with Crippen LogP contribution in [-0.4, -0.2) is 55.5 Å². The Bertz CT molecular complexity index is 893. The van der Waals surface area contributed by atoms with Crippen molar-refractivity contribution in [2.75, 3.05) is 31.9 Å². The summed E-state index contributed by atoms with van der Waals surface area (Å²) in [6.07, 6.45) is 0. The second-order valence-electron chi connectivity index (χ2n) is 6.94. The third-order valence-corrected chi connectivity index (χ3v) is 7.74. The number of hydrogen-bond acceptors (Lipinski definition) is 4. The number of piperazine rings is 1. The Hall–Kier alpha value is -1.83. The minimum atomic E-state index is -3.35. The number of hydrogen-bond donors (Lipinski definition) is 0. The SMILES string of the molecule is Cc1ccccc1CSCC(=O)N1CCN(S(=O)(=O)Cc2ccccc2)CC1.